The second-order valence-corrected chi connectivity index (χ2v) is 7.08. The van der Waals surface area contributed by atoms with E-state index in [1.807, 2.05) is 0 Å². The van der Waals surface area contributed by atoms with Crippen molar-refractivity contribution in [2.24, 2.45) is 0 Å². The van der Waals surface area contributed by atoms with Crippen molar-refractivity contribution in [1.82, 2.24) is 0 Å². The molecule has 0 amide bonds. The van der Waals surface area contributed by atoms with Crippen LogP contribution < -0.4 is 0 Å². The summed E-state index contributed by atoms with van der Waals surface area (Å²) in [6.07, 6.45) is -4.54. The lowest BCUT2D eigenvalue weighted by Crippen LogP contribution is -2.32. The Bertz CT molecular complexity index is 634. The molecule has 1 heterocycles. The predicted octanol–water partition coefficient (Wildman–Crippen LogP) is 5.15. The summed E-state index contributed by atoms with van der Waals surface area (Å²) >= 11 is 0. The van der Waals surface area contributed by atoms with Crippen molar-refractivity contribution in [1.29, 1.82) is 0 Å². The van der Waals surface area contributed by atoms with Gasteiger partial charge in [0.1, 0.15) is 0 Å². The molecule has 9 heteroatoms. The zero-order valence-electron chi connectivity index (χ0n) is 11.1. The number of benzene rings is 1. The number of fused-ring (bicyclic) bond motifs is 1. The molecule has 1 aliphatic heterocycles. The predicted molar refractivity (Wildman–Crippen MR) is 68.8 cm³/mol. The molecule has 2 rings (SSSR count). The lowest BCUT2D eigenvalue weighted by molar-refractivity contribution is -0.189. The van der Waals surface area contributed by atoms with Crippen LogP contribution in [-0.2, 0) is 8.98 Å². The number of hydrogen-bond donors (Lipinski definition) is 0. The van der Waals surface area contributed by atoms with Crippen molar-refractivity contribution in [2.75, 3.05) is 0 Å². The summed E-state index contributed by atoms with van der Waals surface area (Å²) in [5.74, 6) is -2.84. The van der Waals surface area contributed by atoms with Crippen molar-refractivity contribution in [2.45, 2.75) is 29.9 Å². The summed E-state index contributed by atoms with van der Waals surface area (Å²) in [4.78, 5) is 10.3. The van der Waals surface area contributed by atoms with Gasteiger partial charge < -0.3 is 4.18 Å². The lowest BCUT2D eigenvalue weighted by Gasteiger charge is -2.39. The number of hydrogen-bond acceptors (Lipinski definition) is 2. The molecule has 0 spiro atoms. The normalized spacial score (nSPS) is 24.2. The maximum atomic E-state index is 13.6. The molecule has 1 aromatic carbocycles. The average Bonchev–Trinajstić information content (AvgIpc) is 2.72. The third-order valence-electron chi connectivity index (χ3n) is 3.02. The fourth-order valence-electron chi connectivity index (χ4n) is 2.14. The molecule has 0 aromatic heterocycles. The Hall–Kier alpha value is -1.64. The van der Waals surface area contributed by atoms with Crippen LogP contribution in [0.15, 0.2) is 34.1 Å². The largest absolute Gasteiger partial charge is 0.491 e. The van der Waals surface area contributed by atoms with E-state index in [0.29, 0.717) is 0 Å². The number of allylic oxidation sites excluding steroid dienone is 1. The molecule has 1 aromatic rings. The summed E-state index contributed by atoms with van der Waals surface area (Å²) in [6, 6.07) is 5.11. The van der Waals surface area contributed by atoms with E-state index >= 15 is 0 Å². The molecular weight excluding hydrogens is 334 g/mol. The van der Waals surface area contributed by atoms with Gasteiger partial charge in [-0.05, 0) is 24.1 Å². The van der Waals surface area contributed by atoms with E-state index in [1.54, 1.807) is 0 Å². The summed E-state index contributed by atoms with van der Waals surface area (Å²) in [5, 5.41) is 0. The fraction of sp³-hybridized carbons (Fsp3) is 0.308. The van der Waals surface area contributed by atoms with Gasteiger partial charge >= 0.3 is 17.7 Å². The van der Waals surface area contributed by atoms with Gasteiger partial charge in [0.25, 0.3) is 0 Å². The maximum absolute atomic E-state index is 13.6. The van der Waals surface area contributed by atoms with Gasteiger partial charge in [-0.2, -0.15) is 26.3 Å². The topological polar surface area (TPSA) is 26.3 Å². The number of carbonyl (C=O) groups excluding carboxylic acids is 1. The summed E-state index contributed by atoms with van der Waals surface area (Å²) in [7, 11) is -4.52. The third-order valence-corrected chi connectivity index (χ3v) is 6.21. The third kappa shape index (κ3) is 2.47. The van der Waals surface area contributed by atoms with Crippen molar-refractivity contribution in [3.8, 4) is 0 Å². The maximum Gasteiger partial charge on any atom is 0.491 e. The number of halogens is 6. The Balaban J connectivity index is 2.65. The molecule has 1 atom stereocenters. The van der Waals surface area contributed by atoms with Crippen LogP contribution >= 0.6 is 10.3 Å². The van der Waals surface area contributed by atoms with E-state index in [1.165, 1.54) is 25.1 Å². The lowest BCUT2D eigenvalue weighted by atomic mass is 10.2. The molecule has 0 bridgehead atoms. The van der Waals surface area contributed by atoms with Crippen LogP contribution in [0.5, 0.6) is 0 Å². The number of rotatable bonds is 2. The summed E-state index contributed by atoms with van der Waals surface area (Å²) < 4.78 is 82.2. The molecule has 1 aliphatic rings. The van der Waals surface area contributed by atoms with Crippen LogP contribution in [0.3, 0.4) is 0 Å². The van der Waals surface area contributed by atoms with Gasteiger partial charge in [0.05, 0.1) is 10.3 Å². The van der Waals surface area contributed by atoms with E-state index in [4.69, 9.17) is 0 Å². The smallest absolute Gasteiger partial charge is 0.392 e. The van der Waals surface area contributed by atoms with Crippen LogP contribution in [0, 0.1) is 0 Å². The molecule has 0 N–H and O–H groups in total. The molecule has 0 fully saturated rings. The van der Waals surface area contributed by atoms with Crippen LogP contribution in [0.25, 0.3) is 6.08 Å². The molecule has 2 nitrogen and oxygen atoms in total. The Labute approximate surface area is 123 Å². The van der Waals surface area contributed by atoms with Crippen molar-refractivity contribution in [3.05, 3.63) is 34.7 Å². The molecule has 1 unspecified atom stereocenters. The molecular formula is C13H10F6O2S. The van der Waals surface area contributed by atoms with E-state index in [0.717, 1.165) is 12.1 Å². The molecule has 0 saturated carbocycles. The van der Waals surface area contributed by atoms with Gasteiger partial charge in [0, 0.05) is 9.80 Å². The highest BCUT2D eigenvalue weighted by molar-refractivity contribution is 8.34. The Kier molecular flexibility index (Phi) is 3.97. The Morgan fingerprint density at radius 2 is 1.73 bits per heavy atom. The Morgan fingerprint density at radius 1 is 1.14 bits per heavy atom. The second kappa shape index (κ2) is 5.22. The Morgan fingerprint density at radius 3 is 2.23 bits per heavy atom. The van der Waals surface area contributed by atoms with E-state index in [-0.39, 0.29) is 16.9 Å². The van der Waals surface area contributed by atoms with Crippen molar-refractivity contribution >= 4 is 22.4 Å². The minimum atomic E-state index is -5.50. The highest BCUT2D eigenvalue weighted by Crippen LogP contribution is 2.77. The van der Waals surface area contributed by atoms with E-state index in [2.05, 4.69) is 4.18 Å². The number of carbonyl (C=O) groups is 1. The highest BCUT2D eigenvalue weighted by atomic mass is 32.3. The van der Waals surface area contributed by atoms with Gasteiger partial charge in [-0.3, -0.25) is 0 Å². The van der Waals surface area contributed by atoms with Crippen molar-refractivity contribution in [3.63, 3.8) is 0 Å². The first-order valence-corrected chi connectivity index (χ1v) is 7.59. The summed E-state index contributed by atoms with van der Waals surface area (Å²) in [6.45, 7) is 1.37. The fourth-order valence-corrected chi connectivity index (χ4v) is 5.01. The van der Waals surface area contributed by atoms with Crippen LogP contribution in [0.1, 0.15) is 18.9 Å². The first kappa shape index (κ1) is 16.7. The molecule has 0 radical (unpaired) electrons. The molecule has 22 heavy (non-hydrogen) atoms. The highest BCUT2D eigenvalue weighted by Gasteiger charge is 2.62. The average molecular weight is 344 g/mol. The van der Waals surface area contributed by atoms with E-state index in [9.17, 15) is 31.1 Å². The second-order valence-electron chi connectivity index (χ2n) is 4.37. The number of alkyl halides is 6. The SMILES string of the molecule is CCC1=Cc2ccccc2S1(OC(=O)C(F)(F)F)C(F)(F)F. The first-order chi connectivity index (χ1) is 10.0. The van der Waals surface area contributed by atoms with Crippen molar-refractivity contribution < 1.29 is 35.3 Å². The zero-order valence-corrected chi connectivity index (χ0v) is 11.9. The monoisotopic (exact) mass is 344 g/mol. The minimum absolute atomic E-state index is 0.113. The van der Waals surface area contributed by atoms with Crippen LogP contribution in [0.4, 0.5) is 26.3 Å². The standard InChI is InChI=1S/C13H10F6O2S/c1-2-9-7-8-5-3-4-6-10(8)22(9,13(17,18)19)21-11(20)12(14,15)16/h3-7H,2H2,1H3. The summed E-state index contributed by atoms with van der Waals surface area (Å²) in [5.41, 5.74) is -5.02. The van der Waals surface area contributed by atoms with Gasteiger partial charge in [-0.1, -0.05) is 25.1 Å². The molecule has 122 valence electrons. The zero-order chi connectivity index (χ0) is 16.8. The first-order valence-electron chi connectivity index (χ1n) is 6.04. The van der Waals surface area contributed by atoms with Gasteiger partial charge in [0.15, 0.2) is 0 Å². The molecule has 0 aliphatic carbocycles. The van der Waals surface area contributed by atoms with E-state index < -0.39 is 32.9 Å². The minimum Gasteiger partial charge on any atom is -0.392 e. The quantitative estimate of drug-likeness (QED) is 0.693. The van der Waals surface area contributed by atoms with Gasteiger partial charge in [-0.25, -0.2) is 4.79 Å². The molecule has 0 saturated heterocycles. The van der Waals surface area contributed by atoms with Crippen LogP contribution in [-0.4, -0.2) is 17.7 Å². The van der Waals surface area contributed by atoms with Crippen LogP contribution in [0.2, 0.25) is 0 Å². The van der Waals surface area contributed by atoms with Gasteiger partial charge in [0.2, 0.25) is 0 Å². The van der Waals surface area contributed by atoms with Gasteiger partial charge in [-0.15, -0.1) is 0 Å².